The number of benzene rings is 2. The molecule has 1 aliphatic carbocycles. The maximum absolute atomic E-state index is 13.7. The topological polar surface area (TPSA) is 86.3 Å². The lowest BCUT2D eigenvalue weighted by Gasteiger charge is -2.39. The van der Waals surface area contributed by atoms with Gasteiger partial charge in [-0.3, -0.25) is 4.79 Å². The largest absolute Gasteiger partial charge is 0.496 e. The molecule has 3 rings (SSSR count). The van der Waals surface area contributed by atoms with E-state index < -0.39 is 23.5 Å². The first kappa shape index (κ1) is 30.1. The van der Waals surface area contributed by atoms with E-state index in [4.69, 9.17) is 18.9 Å². The van der Waals surface area contributed by atoms with Crippen molar-refractivity contribution in [2.75, 3.05) is 55.2 Å². The molecule has 0 fully saturated rings. The number of carbonyl (C=O) groups excluding carboxylic acids is 2. The van der Waals surface area contributed by atoms with Crippen molar-refractivity contribution in [2.24, 2.45) is 0 Å². The standard InChI is InChI=1S/C31H40N2O6/c1-22-26(23-11-8-7-9-12-23)16-17-31(28(22)38-6,30(35)39-20-19-36-4)32-29(34)25-14-15-27(37-5)24(21-25)13-10-18-33(2)3/h7-9,11-12,14-17,21,28H,10,13,18-20H2,1-6H3,(H,32,34). The predicted molar refractivity (Wildman–Crippen MR) is 152 cm³/mol. The van der Waals surface area contributed by atoms with Gasteiger partial charge in [0.2, 0.25) is 0 Å². The number of esters is 1. The summed E-state index contributed by atoms with van der Waals surface area (Å²) in [4.78, 5) is 29.4. The van der Waals surface area contributed by atoms with Crippen LogP contribution in [0.1, 0.15) is 34.8 Å². The molecule has 2 atom stereocenters. The van der Waals surface area contributed by atoms with Gasteiger partial charge in [0, 0.05) is 19.8 Å². The second-order valence-corrected chi connectivity index (χ2v) is 9.80. The molecular formula is C31H40N2O6. The van der Waals surface area contributed by atoms with Crippen LogP contribution in [-0.2, 0) is 25.4 Å². The van der Waals surface area contributed by atoms with Crippen molar-refractivity contribution in [1.29, 1.82) is 0 Å². The minimum atomic E-state index is -1.58. The molecular weight excluding hydrogens is 496 g/mol. The zero-order valence-electron chi connectivity index (χ0n) is 23.8. The molecule has 2 aromatic rings. The maximum atomic E-state index is 13.7. The first-order valence-corrected chi connectivity index (χ1v) is 13.1. The molecule has 39 heavy (non-hydrogen) atoms. The minimum absolute atomic E-state index is 0.0457. The molecule has 8 nitrogen and oxygen atoms in total. The fraction of sp³-hybridized carbons (Fsp3) is 0.419. The molecule has 0 saturated carbocycles. The number of hydrogen-bond acceptors (Lipinski definition) is 7. The molecule has 0 heterocycles. The number of ether oxygens (including phenoxy) is 4. The van der Waals surface area contributed by atoms with Crippen LogP contribution >= 0.6 is 0 Å². The lowest BCUT2D eigenvalue weighted by atomic mass is 9.78. The van der Waals surface area contributed by atoms with Crippen LogP contribution in [-0.4, -0.2) is 83.6 Å². The van der Waals surface area contributed by atoms with Gasteiger partial charge in [-0.15, -0.1) is 0 Å². The van der Waals surface area contributed by atoms with E-state index in [0.717, 1.165) is 47.4 Å². The molecule has 1 N–H and O–H groups in total. The van der Waals surface area contributed by atoms with Crippen LogP contribution in [0.3, 0.4) is 0 Å². The number of nitrogens with one attached hydrogen (secondary N) is 1. The molecule has 0 aromatic heterocycles. The van der Waals surface area contributed by atoms with Gasteiger partial charge in [-0.05, 0) is 87.0 Å². The molecule has 210 valence electrons. The highest BCUT2D eigenvalue weighted by atomic mass is 16.6. The van der Waals surface area contributed by atoms with Crippen molar-refractivity contribution < 1.29 is 28.5 Å². The summed E-state index contributed by atoms with van der Waals surface area (Å²) in [7, 11) is 8.72. The zero-order chi connectivity index (χ0) is 28.4. The van der Waals surface area contributed by atoms with Gasteiger partial charge < -0.3 is 29.2 Å². The van der Waals surface area contributed by atoms with Crippen LogP contribution in [0.5, 0.6) is 5.75 Å². The van der Waals surface area contributed by atoms with Gasteiger partial charge in [0.05, 0.1) is 13.7 Å². The maximum Gasteiger partial charge on any atom is 0.339 e. The molecule has 2 unspecified atom stereocenters. The van der Waals surface area contributed by atoms with Gasteiger partial charge in [-0.2, -0.15) is 0 Å². The second-order valence-electron chi connectivity index (χ2n) is 9.80. The van der Waals surface area contributed by atoms with E-state index in [0.29, 0.717) is 5.56 Å². The first-order chi connectivity index (χ1) is 18.8. The Bertz CT molecular complexity index is 1190. The lowest BCUT2D eigenvalue weighted by Crippen LogP contribution is -2.63. The Hall–Kier alpha value is -3.46. The SMILES string of the molecule is COCCOC(=O)C1(NC(=O)c2ccc(OC)c(CCCN(C)C)c2)C=CC(c2ccccc2)=C(C)C1OC. The van der Waals surface area contributed by atoms with Gasteiger partial charge in [0.25, 0.3) is 5.91 Å². The molecule has 8 heteroatoms. The van der Waals surface area contributed by atoms with Crippen LogP contribution in [0, 0.1) is 0 Å². The van der Waals surface area contributed by atoms with Crippen LogP contribution in [0.4, 0.5) is 0 Å². The van der Waals surface area contributed by atoms with Gasteiger partial charge in [-0.25, -0.2) is 4.79 Å². The molecule has 0 saturated heterocycles. The number of aryl methyl sites for hydroxylation is 1. The second kappa shape index (κ2) is 14.1. The van der Waals surface area contributed by atoms with Crippen molar-refractivity contribution in [1.82, 2.24) is 10.2 Å². The number of allylic oxidation sites excluding steroid dienone is 2. The Kier molecular flexibility index (Phi) is 10.9. The van der Waals surface area contributed by atoms with Crippen LogP contribution in [0.15, 0.2) is 66.3 Å². The van der Waals surface area contributed by atoms with Crippen molar-refractivity contribution in [3.8, 4) is 5.75 Å². The van der Waals surface area contributed by atoms with E-state index in [1.54, 1.807) is 25.3 Å². The summed E-state index contributed by atoms with van der Waals surface area (Å²) < 4.78 is 22.0. The minimum Gasteiger partial charge on any atom is -0.496 e. The van der Waals surface area contributed by atoms with Gasteiger partial charge in [0.15, 0.2) is 5.54 Å². The van der Waals surface area contributed by atoms with Crippen molar-refractivity contribution in [3.05, 3.63) is 82.9 Å². The molecule has 0 radical (unpaired) electrons. The van der Waals surface area contributed by atoms with Crippen molar-refractivity contribution in [2.45, 2.75) is 31.4 Å². The summed E-state index contributed by atoms with van der Waals surface area (Å²) in [6, 6.07) is 15.1. The molecule has 0 bridgehead atoms. The molecule has 2 aromatic carbocycles. The van der Waals surface area contributed by atoms with Gasteiger partial charge in [-0.1, -0.05) is 36.4 Å². The van der Waals surface area contributed by atoms with Crippen LogP contribution in [0.2, 0.25) is 0 Å². The Labute approximate surface area is 231 Å². The highest BCUT2D eigenvalue weighted by molar-refractivity contribution is 6.01. The summed E-state index contributed by atoms with van der Waals surface area (Å²) in [6.07, 6.45) is 4.37. The average Bonchev–Trinajstić information content (AvgIpc) is 2.93. The number of rotatable bonds is 13. The normalized spacial score (nSPS) is 18.8. The lowest BCUT2D eigenvalue weighted by molar-refractivity contribution is -0.154. The third-order valence-electron chi connectivity index (χ3n) is 6.84. The molecule has 0 spiro atoms. The summed E-state index contributed by atoms with van der Waals surface area (Å²) in [6.45, 7) is 3.09. The van der Waals surface area contributed by atoms with Gasteiger partial charge >= 0.3 is 5.97 Å². The third kappa shape index (κ3) is 7.15. The highest BCUT2D eigenvalue weighted by Crippen LogP contribution is 2.36. The van der Waals surface area contributed by atoms with Gasteiger partial charge in [0.1, 0.15) is 18.5 Å². The fourth-order valence-electron chi connectivity index (χ4n) is 4.85. The average molecular weight is 537 g/mol. The van der Waals surface area contributed by atoms with E-state index in [1.807, 2.05) is 63.5 Å². The number of carbonyl (C=O) groups is 2. The fourth-order valence-corrected chi connectivity index (χ4v) is 4.85. The smallest absolute Gasteiger partial charge is 0.339 e. The van der Waals surface area contributed by atoms with Crippen LogP contribution in [0.25, 0.3) is 5.57 Å². The van der Waals surface area contributed by atoms with E-state index in [2.05, 4.69) is 10.2 Å². The number of hydrogen-bond donors (Lipinski definition) is 1. The summed E-state index contributed by atoms with van der Waals surface area (Å²) in [5.41, 5.74) is 2.47. The zero-order valence-corrected chi connectivity index (χ0v) is 23.8. The Morgan fingerprint density at radius 2 is 1.77 bits per heavy atom. The van der Waals surface area contributed by atoms with E-state index in [9.17, 15) is 9.59 Å². The number of amides is 1. The van der Waals surface area contributed by atoms with Crippen molar-refractivity contribution >= 4 is 17.4 Å². The number of nitrogens with zero attached hydrogens (tertiary/aromatic N) is 1. The quantitative estimate of drug-likeness (QED) is 0.307. The molecule has 1 aliphatic rings. The third-order valence-corrected chi connectivity index (χ3v) is 6.84. The highest BCUT2D eigenvalue weighted by Gasteiger charge is 2.50. The van der Waals surface area contributed by atoms with Crippen molar-refractivity contribution in [3.63, 3.8) is 0 Å². The first-order valence-electron chi connectivity index (χ1n) is 13.1. The molecule has 1 amide bonds. The Balaban J connectivity index is 1.98. The summed E-state index contributed by atoms with van der Waals surface area (Å²) in [5, 5.41) is 2.97. The predicted octanol–water partition coefficient (Wildman–Crippen LogP) is 3.91. The van der Waals surface area contributed by atoms with Crippen LogP contribution < -0.4 is 10.1 Å². The van der Waals surface area contributed by atoms with E-state index in [1.165, 1.54) is 14.2 Å². The Morgan fingerprint density at radius 1 is 1.03 bits per heavy atom. The molecule has 0 aliphatic heterocycles. The Morgan fingerprint density at radius 3 is 2.41 bits per heavy atom. The summed E-state index contributed by atoms with van der Waals surface area (Å²) in [5.74, 6) is -0.322. The van der Waals surface area contributed by atoms with E-state index in [-0.39, 0.29) is 13.2 Å². The monoisotopic (exact) mass is 536 g/mol. The number of methoxy groups -OCH3 is 3. The van der Waals surface area contributed by atoms with E-state index >= 15 is 0 Å². The summed E-state index contributed by atoms with van der Waals surface area (Å²) >= 11 is 0.